The lowest BCUT2D eigenvalue weighted by molar-refractivity contribution is 0.142. The number of aromatic nitrogens is 3. The molecule has 6 nitrogen and oxygen atoms in total. The lowest BCUT2D eigenvalue weighted by Gasteiger charge is -2.15. The van der Waals surface area contributed by atoms with E-state index in [0.29, 0.717) is 12.4 Å². The zero-order valence-electron chi connectivity index (χ0n) is 12.7. The second kappa shape index (κ2) is 4.84. The van der Waals surface area contributed by atoms with E-state index in [1.165, 1.54) is 0 Å². The molecule has 0 bridgehead atoms. The maximum Gasteiger partial charge on any atom is 0.152 e. The number of hydrogen-bond acceptors (Lipinski definition) is 5. The lowest BCUT2D eigenvalue weighted by Crippen LogP contribution is -2.16. The molecule has 22 heavy (non-hydrogen) atoms. The van der Waals surface area contributed by atoms with E-state index in [4.69, 9.17) is 15.2 Å². The highest BCUT2D eigenvalue weighted by Gasteiger charge is 2.21. The van der Waals surface area contributed by atoms with Crippen molar-refractivity contribution in [2.75, 3.05) is 18.9 Å². The predicted octanol–water partition coefficient (Wildman–Crippen LogP) is 2.18. The molecule has 1 unspecified atom stereocenters. The molecule has 4 rings (SSSR count). The Labute approximate surface area is 127 Å². The Kier molecular flexibility index (Phi) is 2.94. The van der Waals surface area contributed by atoms with Gasteiger partial charge in [-0.1, -0.05) is 6.07 Å². The van der Waals surface area contributed by atoms with Crippen molar-refractivity contribution in [1.82, 2.24) is 14.5 Å². The van der Waals surface area contributed by atoms with Crippen LogP contribution in [0.1, 0.15) is 12.2 Å². The second-order valence-electron chi connectivity index (χ2n) is 5.67. The predicted molar refractivity (Wildman–Crippen MR) is 85.0 cm³/mol. The number of fused-ring (bicyclic) bond motifs is 3. The molecule has 3 heterocycles. The topological polar surface area (TPSA) is 75.2 Å². The number of rotatable bonds is 2. The standard InChI is InChI=1S/C16H18N4O2/c1-9-18-14-15(20(9)2)13-11(19-16(14)17)4-3-5-12(13)22-10-6-7-21-8-10/h3-5,10H,6-8H2,1-2H3,(H2,17,19). The average molecular weight is 298 g/mol. The van der Waals surface area contributed by atoms with Crippen molar-refractivity contribution >= 4 is 27.8 Å². The lowest BCUT2D eigenvalue weighted by atomic mass is 10.1. The Balaban J connectivity index is 2.00. The zero-order chi connectivity index (χ0) is 15.3. The number of benzene rings is 1. The van der Waals surface area contributed by atoms with E-state index < -0.39 is 0 Å². The van der Waals surface area contributed by atoms with Gasteiger partial charge in [0.15, 0.2) is 5.82 Å². The third kappa shape index (κ3) is 1.91. The largest absolute Gasteiger partial charge is 0.487 e. The summed E-state index contributed by atoms with van der Waals surface area (Å²) in [7, 11) is 1.99. The van der Waals surface area contributed by atoms with Crippen molar-refractivity contribution in [3.8, 4) is 5.75 Å². The monoisotopic (exact) mass is 298 g/mol. The van der Waals surface area contributed by atoms with Crippen molar-refractivity contribution in [2.45, 2.75) is 19.4 Å². The van der Waals surface area contributed by atoms with Crippen molar-refractivity contribution in [3.63, 3.8) is 0 Å². The molecule has 0 aliphatic carbocycles. The maximum atomic E-state index is 6.15. The molecule has 0 saturated carbocycles. The Hall–Kier alpha value is -2.34. The Morgan fingerprint density at radius 3 is 3.00 bits per heavy atom. The van der Waals surface area contributed by atoms with Gasteiger partial charge >= 0.3 is 0 Å². The zero-order valence-corrected chi connectivity index (χ0v) is 12.7. The van der Waals surface area contributed by atoms with Crippen LogP contribution in [-0.2, 0) is 11.8 Å². The van der Waals surface area contributed by atoms with E-state index in [-0.39, 0.29) is 6.10 Å². The van der Waals surface area contributed by atoms with E-state index in [0.717, 1.165) is 46.5 Å². The highest BCUT2D eigenvalue weighted by molar-refractivity contribution is 6.09. The van der Waals surface area contributed by atoms with Gasteiger partial charge in [-0.25, -0.2) is 9.97 Å². The van der Waals surface area contributed by atoms with E-state index in [2.05, 4.69) is 9.97 Å². The molecular formula is C16H18N4O2. The molecular weight excluding hydrogens is 280 g/mol. The molecule has 1 aliphatic rings. The highest BCUT2D eigenvalue weighted by Crippen LogP contribution is 2.35. The van der Waals surface area contributed by atoms with Gasteiger partial charge in [0, 0.05) is 13.5 Å². The first kappa shape index (κ1) is 13.3. The summed E-state index contributed by atoms with van der Waals surface area (Å²) in [6.45, 7) is 3.34. The van der Waals surface area contributed by atoms with Gasteiger partial charge in [0.05, 0.1) is 29.6 Å². The molecule has 1 aromatic carbocycles. The van der Waals surface area contributed by atoms with Crippen molar-refractivity contribution in [1.29, 1.82) is 0 Å². The molecule has 1 atom stereocenters. The smallest absolute Gasteiger partial charge is 0.152 e. The molecule has 1 aliphatic heterocycles. The van der Waals surface area contributed by atoms with Crippen LogP contribution in [0.3, 0.4) is 0 Å². The van der Waals surface area contributed by atoms with Gasteiger partial charge in [-0.05, 0) is 19.1 Å². The first-order chi connectivity index (χ1) is 10.6. The van der Waals surface area contributed by atoms with Crippen LogP contribution in [0.15, 0.2) is 18.2 Å². The molecule has 2 N–H and O–H groups in total. The average Bonchev–Trinajstić information content (AvgIpc) is 3.10. The van der Waals surface area contributed by atoms with E-state index in [9.17, 15) is 0 Å². The van der Waals surface area contributed by atoms with E-state index in [1.807, 2.05) is 36.7 Å². The third-order valence-corrected chi connectivity index (χ3v) is 4.22. The van der Waals surface area contributed by atoms with Gasteiger partial charge in [0.2, 0.25) is 0 Å². The summed E-state index contributed by atoms with van der Waals surface area (Å²) in [4.78, 5) is 9.01. The fraction of sp³-hybridized carbons (Fsp3) is 0.375. The van der Waals surface area contributed by atoms with Crippen LogP contribution >= 0.6 is 0 Å². The number of aryl methyl sites for hydroxylation is 2. The molecule has 0 spiro atoms. The fourth-order valence-electron chi connectivity index (χ4n) is 2.99. The number of imidazole rings is 1. The SMILES string of the molecule is Cc1nc2c(N)nc3cccc(OC4CCOC4)c3c2n1C. The number of nitrogens with two attached hydrogens (primary N) is 1. The van der Waals surface area contributed by atoms with Crippen LogP contribution in [-0.4, -0.2) is 33.9 Å². The van der Waals surface area contributed by atoms with Crippen molar-refractivity contribution < 1.29 is 9.47 Å². The number of nitrogen functional groups attached to an aromatic ring is 1. The van der Waals surface area contributed by atoms with E-state index >= 15 is 0 Å². The summed E-state index contributed by atoms with van der Waals surface area (Å²) in [6, 6.07) is 5.86. The van der Waals surface area contributed by atoms with Crippen molar-refractivity contribution in [2.24, 2.45) is 7.05 Å². The van der Waals surface area contributed by atoms with Crippen molar-refractivity contribution in [3.05, 3.63) is 24.0 Å². The number of anilines is 1. The van der Waals surface area contributed by atoms with Crippen LogP contribution < -0.4 is 10.5 Å². The van der Waals surface area contributed by atoms with Gasteiger partial charge < -0.3 is 19.8 Å². The molecule has 2 aromatic heterocycles. The molecule has 1 saturated heterocycles. The third-order valence-electron chi connectivity index (χ3n) is 4.22. The van der Waals surface area contributed by atoms with Gasteiger partial charge in [0.1, 0.15) is 23.2 Å². The number of pyridine rings is 1. The highest BCUT2D eigenvalue weighted by atomic mass is 16.5. The minimum atomic E-state index is 0.0903. The molecule has 6 heteroatoms. The summed E-state index contributed by atoms with van der Waals surface area (Å²) in [5.74, 6) is 2.16. The quantitative estimate of drug-likeness (QED) is 0.785. The first-order valence-electron chi connectivity index (χ1n) is 7.41. The molecule has 114 valence electrons. The Morgan fingerprint density at radius 2 is 2.23 bits per heavy atom. The van der Waals surface area contributed by atoms with Gasteiger partial charge in [-0.15, -0.1) is 0 Å². The molecule has 1 fully saturated rings. The molecule has 0 radical (unpaired) electrons. The van der Waals surface area contributed by atoms with Crippen LogP contribution in [0, 0.1) is 6.92 Å². The van der Waals surface area contributed by atoms with Gasteiger partial charge in [-0.2, -0.15) is 0 Å². The van der Waals surface area contributed by atoms with Crippen LogP contribution in [0.4, 0.5) is 5.82 Å². The normalized spacial score (nSPS) is 18.4. The summed E-state index contributed by atoms with van der Waals surface area (Å²) in [5.41, 5.74) is 8.59. The second-order valence-corrected chi connectivity index (χ2v) is 5.67. The Morgan fingerprint density at radius 1 is 1.36 bits per heavy atom. The minimum absolute atomic E-state index is 0.0903. The van der Waals surface area contributed by atoms with Crippen LogP contribution in [0.5, 0.6) is 5.75 Å². The Bertz CT molecular complexity index is 866. The molecule has 3 aromatic rings. The summed E-state index contributed by atoms with van der Waals surface area (Å²) in [6.07, 6.45) is 0.999. The first-order valence-corrected chi connectivity index (χ1v) is 7.41. The summed E-state index contributed by atoms with van der Waals surface area (Å²) < 4.78 is 13.6. The van der Waals surface area contributed by atoms with Crippen LogP contribution in [0.25, 0.3) is 21.9 Å². The summed E-state index contributed by atoms with van der Waals surface area (Å²) >= 11 is 0. The van der Waals surface area contributed by atoms with Gasteiger partial charge in [-0.3, -0.25) is 0 Å². The number of ether oxygens (including phenoxy) is 2. The fourth-order valence-corrected chi connectivity index (χ4v) is 2.99. The molecule has 0 amide bonds. The van der Waals surface area contributed by atoms with Gasteiger partial charge in [0.25, 0.3) is 0 Å². The van der Waals surface area contributed by atoms with E-state index in [1.54, 1.807) is 0 Å². The van der Waals surface area contributed by atoms with Crippen LogP contribution in [0.2, 0.25) is 0 Å². The number of nitrogens with zero attached hydrogens (tertiary/aromatic N) is 3. The summed E-state index contributed by atoms with van der Waals surface area (Å²) in [5, 5.41) is 0.960. The minimum Gasteiger partial charge on any atom is -0.487 e. The number of hydrogen-bond donors (Lipinski definition) is 1. The maximum absolute atomic E-state index is 6.15.